The smallest absolute Gasteiger partial charge is 0.335 e. The zero-order valence-corrected chi connectivity index (χ0v) is 44.4. The molecular formula is C53H84O23. The van der Waals surface area contributed by atoms with Crippen molar-refractivity contribution in [3.63, 3.8) is 0 Å². The summed E-state index contributed by atoms with van der Waals surface area (Å²) < 4.78 is 48.1. The van der Waals surface area contributed by atoms with Gasteiger partial charge in [-0.25, -0.2) is 4.79 Å². The number of aliphatic hydroxyl groups is 12. The first kappa shape index (κ1) is 58.6. The Morgan fingerprint density at radius 2 is 1.20 bits per heavy atom. The standard InChI is InChI=1S/C53H84O23/c1-48(2)14-16-53(47(68)76-45-37(64)34(61)32(59)26(20-55)71-45)17-15-51(6)22(23(53)18-48)8-9-28-50(5)12-11-29(49(3,4)27(50)10-13-52(28,51)7)72-46-41(75-44-36(63)33(60)31(58)25(19-54)70-44)39(38(65)40(74-46)42(66)67)73-43-35(62)30(57)24(56)21-69-43/h8,23-41,43-46,54-65H,9-21H2,1-7H3,(H,66,67)/t23-,24-,25+,26+,27?,28?,29-,30-,31+,32+,33-,34-,35+,36+,37+,38-,39-,40-,41+,43-,44-,45-,46+,50-,51+,52+,53-/m0/s1. The van der Waals surface area contributed by atoms with Crippen LogP contribution in [0.4, 0.5) is 0 Å². The SMILES string of the molecule is CC1(C)CC[C@]2(C(=O)O[C@@H]3O[C@H](CO)[C@@H](O)[C@H](O)[C@H]3O)CC[C@]3(C)C(=CCC4[C@@]5(C)CC[C@H](O[C@@H]6O[C@H](C(=O)O)[C@@H](O)[C@H](O[C@@H]7OC[C@H](O)[C@H](O)[C@H]7O)[C@H]6O[C@@H]6O[C@H](CO)[C@@H](O)[C@H](O)[C@H]6O)C(C)(C)C5CC[C@]43C)[C@@H]2C1. The molecule has 0 aromatic carbocycles. The summed E-state index contributed by atoms with van der Waals surface area (Å²) in [6.45, 7) is 13.7. The van der Waals surface area contributed by atoms with Crippen LogP contribution < -0.4 is 0 Å². The van der Waals surface area contributed by atoms with Gasteiger partial charge in [0.15, 0.2) is 25.0 Å². The molecule has 8 fully saturated rings. The Hall–Kier alpha value is -2.08. The quantitative estimate of drug-likeness (QED) is 0.0649. The molecule has 4 heterocycles. The van der Waals surface area contributed by atoms with E-state index in [2.05, 4.69) is 54.5 Å². The van der Waals surface area contributed by atoms with Gasteiger partial charge >= 0.3 is 11.9 Å². The number of carbonyl (C=O) groups excluding carboxylic acids is 1. The number of allylic oxidation sites excluding steroid dienone is 2. The van der Waals surface area contributed by atoms with Gasteiger partial charge in [0.2, 0.25) is 6.29 Å². The first-order valence-electron chi connectivity index (χ1n) is 27.2. The third kappa shape index (κ3) is 9.42. The number of carboxylic acids is 1. The van der Waals surface area contributed by atoms with E-state index in [9.17, 15) is 76.0 Å². The summed E-state index contributed by atoms with van der Waals surface area (Å²) in [5.74, 6) is -2.22. The van der Waals surface area contributed by atoms with Gasteiger partial charge in [0, 0.05) is 0 Å². The van der Waals surface area contributed by atoms with Gasteiger partial charge in [-0.3, -0.25) is 4.79 Å². The lowest BCUT2D eigenvalue weighted by molar-refractivity contribution is -0.392. The Labute approximate surface area is 442 Å². The maximum atomic E-state index is 14.8. The first-order valence-corrected chi connectivity index (χ1v) is 27.2. The van der Waals surface area contributed by atoms with Gasteiger partial charge in [-0.15, -0.1) is 0 Å². The van der Waals surface area contributed by atoms with E-state index in [1.54, 1.807) is 0 Å². The Morgan fingerprint density at radius 3 is 1.83 bits per heavy atom. The molecule has 76 heavy (non-hydrogen) atoms. The minimum Gasteiger partial charge on any atom is -0.479 e. The van der Waals surface area contributed by atoms with E-state index in [-0.39, 0.29) is 39.4 Å². The molecule has 5 aliphatic carbocycles. The summed E-state index contributed by atoms with van der Waals surface area (Å²) in [4.78, 5) is 27.6. The predicted octanol–water partition coefficient (Wildman–Crippen LogP) is -1.30. The van der Waals surface area contributed by atoms with E-state index in [1.165, 1.54) is 5.57 Å². The van der Waals surface area contributed by atoms with Crippen LogP contribution in [0.3, 0.4) is 0 Å². The Bertz CT molecular complexity index is 2140. The van der Waals surface area contributed by atoms with Crippen molar-refractivity contribution in [2.75, 3.05) is 19.8 Å². The van der Waals surface area contributed by atoms with E-state index in [4.69, 9.17) is 37.9 Å². The van der Waals surface area contributed by atoms with Crippen LogP contribution >= 0.6 is 0 Å². The van der Waals surface area contributed by atoms with Crippen LogP contribution in [-0.4, -0.2) is 221 Å². The maximum absolute atomic E-state index is 14.8. The fraction of sp³-hybridized carbons (Fsp3) is 0.925. The molecule has 0 bridgehead atoms. The maximum Gasteiger partial charge on any atom is 0.335 e. The van der Waals surface area contributed by atoms with Crippen molar-refractivity contribution < 1.29 is 114 Å². The Kier molecular flexibility index (Phi) is 16.2. The largest absolute Gasteiger partial charge is 0.479 e. The normalized spacial score (nSPS) is 52.9. The monoisotopic (exact) mass is 1090 g/mol. The molecule has 23 heteroatoms. The second-order valence-corrected chi connectivity index (χ2v) is 25.9. The van der Waals surface area contributed by atoms with Crippen molar-refractivity contribution in [2.45, 2.75) is 235 Å². The van der Waals surface area contributed by atoms with Gasteiger partial charge in [0.1, 0.15) is 85.5 Å². The second kappa shape index (κ2) is 21.0. The number of fused-ring (bicyclic) bond motifs is 7. The van der Waals surface area contributed by atoms with Crippen molar-refractivity contribution in [1.82, 2.24) is 0 Å². The van der Waals surface area contributed by atoms with Crippen LogP contribution in [0.2, 0.25) is 0 Å². The van der Waals surface area contributed by atoms with Crippen LogP contribution in [0.15, 0.2) is 11.6 Å². The molecule has 4 aliphatic heterocycles. The molecule has 0 aromatic rings. The van der Waals surface area contributed by atoms with E-state index in [0.717, 1.165) is 19.3 Å². The molecule has 4 saturated carbocycles. The van der Waals surface area contributed by atoms with Crippen LogP contribution in [0.5, 0.6) is 0 Å². The third-order valence-electron chi connectivity index (χ3n) is 21.0. The lowest BCUT2D eigenvalue weighted by Crippen LogP contribution is -2.68. The molecular weight excluding hydrogens is 1000 g/mol. The van der Waals surface area contributed by atoms with Crippen LogP contribution in [0.1, 0.15) is 113 Å². The van der Waals surface area contributed by atoms with Crippen molar-refractivity contribution in [3.8, 4) is 0 Å². The molecule has 9 rings (SSSR count). The van der Waals surface area contributed by atoms with Crippen LogP contribution in [-0.2, 0) is 47.5 Å². The topological polar surface area (TPSA) is 371 Å². The minimum atomic E-state index is -2.09. The van der Waals surface area contributed by atoms with Gasteiger partial charge in [0.05, 0.1) is 31.3 Å². The molecule has 2 unspecified atom stereocenters. The first-order chi connectivity index (χ1) is 35.5. The zero-order chi connectivity index (χ0) is 55.6. The molecule has 13 N–H and O–H groups in total. The summed E-state index contributed by atoms with van der Waals surface area (Å²) in [5, 5.41) is 138. The highest BCUT2D eigenvalue weighted by Crippen LogP contribution is 2.76. The van der Waals surface area contributed by atoms with Crippen molar-refractivity contribution in [3.05, 3.63) is 11.6 Å². The molecule has 0 aromatic heterocycles. The van der Waals surface area contributed by atoms with Gasteiger partial charge in [0.25, 0.3) is 0 Å². The van der Waals surface area contributed by atoms with E-state index < -0.39 is 165 Å². The number of hydrogen-bond donors (Lipinski definition) is 13. The lowest BCUT2D eigenvalue weighted by atomic mass is 9.33. The summed E-state index contributed by atoms with van der Waals surface area (Å²) in [6, 6.07) is 0. The number of aliphatic carboxylic acids is 1. The number of carbonyl (C=O) groups is 2. The van der Waals surface area contributed by atoms with Crippen molar-refractivity contribution in [2.24, 2.45) is 50.2 Å². The van der Waals surface area contributed by atoms with Gasteiger partial charge in [-0.05, 0) is 109 Å². The molecule has 23 nitrogen and oxygen atoms in total. The summed E-state index contributed by atoms with van der Waals surface area (Å²) in [7, 11) is 0. The molecule has 0 amide bonds. The average molecular weight is 1090 g/mol. The number of esters is 1. The van der Waals surface area contributed by atoms with E-state index in [0.29, 0.717) is 44.9 Å². The average Bonchev–Trinajstić information content (AvgIpc) is 3.54. The number of ether oxygens (including phenoxy) is 8. The fourth-order valence-electron chi connectivity index (χ4n) is 16.2. The predicted molar refractivity (Wildman–Crippen MR) is 257 cm³/mol. The molecule has 9 aliphatic rings. The number of aliphatic hydroxyl groups excluding tert-OH is 12. The number of hydrogen-bond acceptors (Lipinski definition) is 22. The van der Waals surface area contributed by atoms with Gasteiger partial charge in [-0.1, -0.05) is 60.1 Å². The van der Waals surface area contributed by atoms with Gasteiger partial charge in [-0.2, -0.15) is 0 Å². The van der Waals surface area contributed by atoms with Crippen LogP contribution in [0.25, 0.3) is 0 Å². The molecule has 434 valence electrons. The van der Waals surface area contributed by atoms with E-state index in [1.807, 2.05) is 0 Å². The lowest BCUT2D eigenvalue weighted by Gasteiger charge is -2.71. The second-order valence-electron chi connectivity index (χ2n) is 25.9. The van der Waals surface area contributed by atoms with E-state index >= 15 is 0 Å². The Morgan fingerprint density at radius 1 is 0.605 bits per heavy atom. The van der Waals surface area contributed by atoms with Crippen LogP contribution in [0, 0.1) is 50.2 Å². The Balaban J connectivity index is 0.999. The molecule has 4 saturated heterocycles. The summed E-state index contributed by atoms with van der Waals surface area (Å²) >= 11 is 0. The fourth-order valence-corrected chi connectivity index (χ4v) is 16.2. The van der Waals surface area contributed by atoms with Crippen molar-refractivity contribution >= 4 is 11.9 Å². The minimum absolute atomic E-state index is 0.000185. The highest BCUT2D eigenvalue weighted by Gasteiger charge is 2.70. The van der Waals surface area contributed by atoms with Gasteiger partial charge < -0.3 is 104 Å². The molecule has 0 radical (unpaired) electrons. The summed E-state index contributed by atoms with van der Waals surface area (Å²) in [5.41, 5.74) is -1.45. The number of rotatable bonds is 11. The third-order valence-corrected chi connectivity index (χ3v) is 21.0. The highest BCUT2D eigenvalue weighted by molar-refractivity contribution is 5.79. The molecule has 0 spiro atoms. The number of carboxylic acid groups (broad SMARTS) is 1. The van der Waals surface area contributed by atoms with Crippen molar-refractivity contribution in [1.29, 1.82) is 0 Å². The molecule has 27 atom stereocenters. The summed E-state index contributed by atoms with van der Waals surface area (Å²) in [6.07, 6.45) is -25.0. The highest BCUT2D eigenvalue weighted by atomic mass is 16.8. The zero-order valence-electron chi connectivity index (χ0n) is 44.4.